The van der Waals surface area contributed by atoms with Crippen LogP contribution >= 0.6 is 0 Å². The molecule has 5 N–H and O–H groups in total. The Bertz CT molecular complexity index is 859. The number of rotatable bonds is 5. The molecule has 2 heterocycles. The second kappa shape index (κ2) is 9.38. The molecule has 0 radical (unpaired) electrons. The molecule has 1 aromatic carbocycles. The van der Waals surface area contributed by atoms with Gasteiger partial charge in [0.15, 0.2) is 0 Å². The number of nitrogen functional groups attached to an aromatic ring is 1. The Hall–Kier alpha value is -3.13. The number of aromatic nitrogens is 1. The van der Waals surface area contributed by atoms with Crippen LogP contribution in [0.5, 0.6) is 0 Å². The van der Waals surface area contributed by atoms with E-state index in [0.29, 0.717) is 30.3 Å². The van der Waals surface area contributed by atoms with Crippen molar-refractivity contribution in [1.29, 1.82) is 5.41 Å². The zero-order valence-electron chi connectivity index (χ0n) is 16.6. The minimum atomic E-state index is -0.386. The summed E-state index contributed by atoms with van der Waals surface area (Å²) in [7, 11) is 0. The number of benzene rings is 1. The van der Waals surface area contributed by atoms with Crippen molar-refractivity contribution in [3.8, 4) is 0 Å². The molecule has 0 aliphatic carbocycles. The Morgan fingerprint density at radius 2 is 2.14 bits per heavy atom. The number of nitrogens with zero attached hydrogens (tertiary/aromatic N) is 1. The fraction of sp³-hybridized carbons (Fsp3) is 0.381. The Morgan fingerprint density at radius 3 is 2.83 bits per heavy atom. The Kier molecular flexibility index (Phi) is 6.66. The molecule has 0 saturated carbocycles. The molecule has 1 aromatic heterocycles. The number of hydrogen-bond donors (Lipinski definition) is 4. The van der Waals surface area contributed by atoms with Crippen molar-refractivity contribution in [2.75, 3.05) is 24.3 Å². The second-order valence-electron chi connectivity index (χ2n) is 7.21. The van der Waals surface area contributed by atoms with Crippen LogP contribution in [0.1, 0.15) is 37.4 Å². The van der Waals surface area contributed by atoms with Crippen molar-refractivity contribution in [3.63, 3.8) is 0 Å². The van der Waals surface area contributed by atoms with Crippen LogP contribution in [-0.4, -0.2) is 36.2 Å². The van der Waals surface area contributed by atoms with Crippen LogP contribution in [-0.2, 0) is 9.47 Å². The van der Waals surface area contributed by atoms with E-state index in [4.69, 9.17) is 20.6 Å². The van der Waals surface area contributed by atoms with E-state index >= 15 is 0 Å². The average molecular weight is 397 g/mol. The first-order chi connectivity index (χ1) is 13.9. The quantitative estimate of drug-likeness (QED) is 0.455. The number of carbonyl (C=O) groups is 1. The summed E-state index contributed by atoms with van der Waals surface area (Å²) in [6.45, 7) is 5.16. The molecule has 1 aliphatic heterocycles. The molecule has 154 valence electrons. The molecule has 2 aromatic rings. The van der Waals surface area contributed by atoms with Gasteiger partial charge in [-0.1, -0.05) is 37.3 Å². The van der Waals surface area contributed by atoms with E-state index in [1.807, 2.05) is 44.2 Å². The molecule has 1 saturated heterocycles. The maximum absolute atomic E-state index is 12.2. The third-order valence-electron chi connectivity index (χ3n) is 4.90. The molecule has 1 aliphatic rings. The smallest absolute Gasteiger partial charge is 0.320 e. The molecule has 3 rings (SSSR count). The molecule has 0 bridgehead atoms. The maximum atomic E-state index is 12.2. The van der Waals surface area contributed by atoms with Gasteiger partial charge in [0.25, 0.3) is 0 Å². The second-order valence-corrected chi connectivity index (χ2v) is 7.21. The molecule has 0 spiro atoms. The Labute approximate surface area is 170 Å². The minimum absolute atomic E-state index is 0.0255. The maximum Gasteiger partial charge on any atom is 0.320 e. The van der Waals surface area contributed by atoms with Crippen molar-refractivity contribution in [1.82, 2.24) is 10.3 Å². The van der Waals surface area contributed by atoms with E-state index in [2.05, 4.69) is 15.6 Å². The first kappa shape index (κ1) is 20.6. The molecule has 8 heteroatoms. The first-order valence-electron chi connectivity index (χ1n) is 9.65. The fourth-order valence-electron chi connectivity index (χ4n) is 3.15. The predicted octanol–water partition coefficient (Wildman–Crippen LogP) is 3.31. The summed E-state index contributed by atoms with van der Waals surface area (Å²) in [5.41, 5.74) is 7.78. The molecule has 8 nitrogen and oxygen atoms in total. The van der Waals surface area contributed by atoms with Gasteiger partial charge in [-0.2, -0.15) is 0 Å². The molecule has 2 unspecified atom stereocenters. The number of carbonyl (C=O) groups excluding carboxylic acids is 1. The lowest BCUT2D eigenvalue weighted by atomic mass is 10.0. The van der Waals surface area contributed by atoms with E-state index in [-0.39, 0.29) is 30.0 Å². The molecule has 1 fully saturated rings. The van der Waals surface area contributed by atoms with Gasteiger partial charge in [0.2, 0.25) is 5.90 Å². The van der Waals surface area contributed by atoms with Gasteiger partial charge in [-0.3, -0.25) is 10.7 Å². The van der Waals surface area contributed by atoms with Crippen molar-refractivity contribution in [2.45, 2.75) is 32.4 Å². The first-order valence-corrected chi connectivity index (χ1v) is 9.65. The van der Waals surface area contributed by atoms with Crippen molar-refractivity contribution >= 4 is 23.4 Å². The molecule has 3 atom stereocenters. The summed E-state index contributed by atoms with van der Waals surface area (Å²) in [4.78, 5) is 16.4. The minimum Gasteiger partial charge on any atom is -0.474 e. The third kappa shape index (κ3) is 5.45. The lowest BCUT2D eigenvalue weighted by molar-refractivity contribution is -0.0217. The van der Waals surface area contributed by atoms with Crippen LogP contribution in [0.25, 0.3) is 0 Å². The van der Waals surface area contributed by atoms with Gasteiger partial charge in [-0.05, 0) is 12.5 Å². The number of urea groups is 1. The number of ether oxygens (including phenoxy) is 2. The van der Waals surface area contributed by atoms with Crippen molar-refractivity contribution in [2.24, 2.45) is 5.92 Å². The number of amides is 2. The summed E-state index contributed by atoms with van der Waals surface area (Å²) in [5.74, 6) is 0.480. The zero-order valence-corrected chi connectivity index (χ0v) is 16.6. The topological polar surface area (TPSA) is 122 Å². The van der Waals surface area contributed by atoms with Gasteiger partial charge in [0, 0.05) is 30.3 Å². The van der Waals surface area contributed by atoms with Crippen LogP contribution in [0.3, 0.4) is 0 Å². The third-order valence-corrected chi connectivity index (χ3v) is 4.90. The van der Waals surface area contributed by atoms with Crippen LogP contribution in [0, 0.1) is 11.3 Å². The largest absolute Gasteiger partial charge is 0.474 e. The van der Waals surface area contributed by atoms with E-state index in [1.165, 1.54) is 12.3 Å². The predicted molar refractivity (Wildman–Crippen MR) is 112 cm³/mol. The SMILES string of the molecule is CC1COCCC1OC(=N)c1cnc(NC(=O)N[C@H](C)c2ccccc2)cc1N. The van der Waals surface area contributed by atoms with Crippen molar-refractivity contribution in [3.05, 3.63) is 53.7 Å². The van der Waals surface area contributed by atoms with Gasteiger partial charge in [0.05, 0.1) is 24.8 Å². The molecular weight excluding hydrogens is 370 g/mol. The average Bonchev–Trinajstić information content (AvgIpc) is 2.70. The number of pyridine rings is 1. The summed E-state index contributed by atoms with van der Waals surface area (Å²) >= 11 is 0. The lowest BCUT2D eigenvalue weighted by Gasteiger charge is -2.29. The monoisotopic (exact) mass is 397 g/mol. The summed E-state index contributed by atoms with van der Waals surface area (Å²) in [5, 5.41) is 13.7. The summed E-state index contributed by atoms with van der Waals surface area (Å²) < 4.78 is 11.2. The summed E-state index contributed by atoms with van der Waals surface area (Å²) in [6.07, 6.45) is 2.09. The molecule has 29 heavy (non-hydrogen) atoms. The van der Waals surface area contributed by atoms with Gasteiger partial charge in [0.1, 0.15) is 11.9 Å². The van der Waals surface area contributed by atoms with Gasteiger partial charge in [-0.15, -0.1) is 0 Å². The van der Waals surface area contributed by atoms with Crippen LogP contribution < -0.4 is 16.4 Å². The Balaban J connectivity index is 1.58. The Morgan fingerprint density at radius 1 is 1.38 bits per heavy atom. The number of anilines is 2. The van der Waals surface area contributed by atoms with E-state index in [0.717, 1.165) is 12.0 Å². The fourth-order valence-corrected chi connectivity index (χ4v) is 3.15. The highest BCUT2D eigenvalue weighted by atomic mass is 16.5. The van der Waals surface area contributed by atoms with Gasteiger partial charge in [-0.25, -0.2) is 9.78 Å². The zero-order chi connectivity index (χ0) is 20.8. The highest BCUT2D eigenvalue weighted by Crippen LogP contribution is 2.22. The summed E-state index contributed by atoms with van der Waals surface area (Å²) in [6, 6.07) is 10.6. The standard InChI is InChI=1S/C21H27N5O3/c1-13-12-28-9-8-18(13)29-20(23)16-11-24-19(10-17(16)22)26-21(27)25-14(2)15-6-4-3-5-7-15/h3-7,10-11,13-14,18,23H,8-9,12H2,1-2H3,(H4,22,24,25,26,27)/t13?,14-,18?/m1/s1. The van der Waals surface area contributed by atoms with E-state index in [1.54, 1.807) is 0 Å². The van der Waals surface area contributed by atoms with E-state index < -0.39 is 0 Å². The van der Waals surface area contributed by atoms with E-state index in [9.17, 15) is 4.79 Å². The molecular formula is C21H27N5O3. The van der Waals surface area contributed by atoms with Crippen LogP contribution in [0.4, 0.5) is 16.3 Å². The van der Waals surface area contributed by atoms with Crippen LogP contribution in [0.15, 0.2) is 42.6 Å². The van der Waals surface area contributed by atoms with Gasteiger partial charge >= 0.3 is 6.03 Å². The highest BCUT2D eigenvalue weighted by Gasteiger charge is 2.25. The number of hydrogen-bond acceptors (Lipinski definition) is 6. The van der Waals surface area contributed by atoms with Gasteiger partial charge < -0.3 is 20.5 Å². The molecule has 2 amide bonds. The number of nitrogens with one attached hydrogen (secondary N) is 3. The normalized spacial score (nSPS) is 19.8. The van der Waals surface area contributed by atoms with Crippen LogP contribution in [0.2, 0.25) is 0 Å². The lowest BCUT2D eigenvalue weighted by Crippen LogP contribution is -2.34. The van der Waals surface area contributed by atoms with Crippen molar-refractivity contribution < 1.29 is 14.3 Å². The highest BCUT2D eigenvalue weighted by molar-refractivity contribution is 5.98. The number of nitrogens with two attached hydrogens (primary N) is 1.